The van der Waals surface area contributed by atoms with Gasteiger partial charge >= 0.3 is 0 Å². The van der Waals surface area contributed by atoms with Gasteiger partial charge in [0.15, 0.2) is 11.5 Å². The van der Waals surface area contributed by atoms with Crippen molar-refractivity contribution in [3.63, 3.8) is 0 Å². The minimum absolute atomic E-state index is 0.169. The molecule has 0 aromatic heterocycles. The zero-order chi connectivity index (χ0) is 22.0. The van der Waals surface area contributed by atoms with Gasteiger partial charge in [-0.25, -0.2) is 8.42 Å². The van der Waals surface area contributed by atoms with Crippen LogP contribution < -0.4 is 9.47 Å². The maximum atomic E-state index is 13.7. The molecule has 0 fully saturated rings. The molecule has 0 spiro atoms. The van der Waals surface area contributed by atoms with E-state index in [9.17, 15) is 13.5 Å². The fourth-order valence-electron chi connectivity index (χ4n) is 3.76. The molecule has 0 unspecified atom stereocenters. The van der Waals surface area contributed by atoms with E-state index in [-0.39, 0.29) is 23.8 Å². The van der Waals surface area contributed by atoms with Gasteiger partial charge in [0.2, 0.25) is 10.0 Å². The molecule has 0 saturated carbocycles. The van der Waals surface area contributed by atoms with Crippen molar-refractivity contribution in [2.24, 2.45) is 0 Å². The first-order valence-corrected chi connectivity index (χ1v) is 11.5. The smallest absolute Gasteiger partial charge is 0.243 e. The van der Waals surface area contributed by atoms with E-state index in [1.54, 1.807) is 61.7 Å². The molecule has 1 aliphatic rings. The largest absolute Gasteiger partial charge is 0.508 e. The van der Waals surface area contributed by atoms with Gasteiger partial charge in [-0.05, 0) is 49.2 Å². The number of aryl methyl sites for hydroxylation is 1. The number of benzene rings is 3. The van der Waals surface area contributed by atoms with Crippen LogP contribution in [0.15, 0.2) is 71.6 Å². The van der Waals surface area contributed by atoms with Crippen molar-refractivity contribution in [2.45, 2.75) is 30.8 Å². The van der Waals surface area contributed by atoms with E-state index in [0.717, 1.165) is 16.7 Å². The topological polar surface area (TPSA) is 76.1 Å². The van der Waals surface area contributed by atoms with Gasteiger partial charge in [0, 0.05) is 12.1 Å². The average molecular weight is 440 g/mol. The zero-order valence-electron chi connectivity index (χ0n) is 17.5. The highest BCUT2D eigenvalue weighted by Crippen LogP contribution is 2.36. The van der Waals surface area contributed by atoms with Gasteiger partial charge in [-0.2, -0.15) is 4.31 Å². The van der Waals surface area contributed by atoms with Crippen LogP contribution in [-0.4, -0.2) is 37.6 Å². The van der Waals surface area contributed by atoms with Crippen LogP contribution in [-0.2, 0) is 23.0 Å². The second-order valence-electron chi connectivity index (χ2n) is 7.65. The molecule has 0 amide bonds. The predicted molar refractivity (Wildman–Crippen MR) is 118 cm³/mol. The zero-order valence-corrected chi connectivity index (χ0v) is 18.3. The SMILES string of the molecule is COc1cccc2c1OC[C@H](Cc1ccc(O)cc1)N(S(=O)(=O)c1ccc(C)cc1)C2. The van der Waals surface area contributed by atoms with Crippen LogP contribution in [0.25, 0.3) is 0 Å². The van der Waals surface area contributed by atoms with Crippen molar-refractivity contribution in [3.8, 4) is 17.2 Å². The third kappa shape index (κ3) is 4.38. The van der Waals surface area contributed by atoms with E-state index in [2.05, 4.69) is 0 Å². The van der Waals surface area contributed by atoms with Gasteiger partial charge < -0.3 is 14.6 Å². The summed E-state index contributed by atoms with van der Waals surface area (Å²) in [5.74, 6) is 1.32. The van der Waals surface area contributed by atoms with Gasteiger partial charge in [-0.1, -0.05) is 42.0 Å². The summed E-state index contributed by atoms with van der Waals surface area (Å²) in [6.45, 7) is 2.27. The van der Waals surface area contributed by atoms with E-state index >= 15 is 0 Å². The molecular formula is C24H25NO5S. The summed E-state index contributed by atoms with van der Waals surface area (Å²) in [4.78, 5) is 0.250. The normalized spacial score (nSPS) is 16.8. The van der Waals surface area contributed by atoms with Crippen LogP contribution in [0.1, 0.15) is 16.7 Å². The summed E-state index contributed by atoms with van der Waals surface area (Å²) in [6, 6.07) is 18.7. The lowest BCUT2D eigenvalue weighted by Crippen LogP contribution is -2.43. The fraction of sp³-hybridized carbons (Fsp3) is 0.250. The highest BCUT2D eigenvalue weighted by atomic mass is 32.2. The van der Waals surface area contributed by atoms with Crippen molar-refractivity contribution in [1.29, 1.82) is 0 Å². The molecule has 31 heavy (non-hydrogen) atoms. The second-order valence-corrected chi connectivity index (χ2v) is 9.54. The van der Waals surface area contributed by atoms with Crippen LogP contribution in [0.2, 0.25) is 0 Å². The first-order valence-electron chi connectivity index (χ1n) is 10.0. The monoisotopic (exact) mass is 439 g/mol. The van der Waals surface area contributed by atoms with Crippen molar-refractivity contribution in [2.75, 3.05) is 13.7 Å². The number of fused-ring (bicyclic) bond motifs is 1. The molecule has 1 aliphatic heterocycles. The lowest BCUT2D eigenvalue weighted by Gasteiger charge is -2.28. The first kappa shape index (κ1) is 21.2. The van der Waals surface area contributed by atoms with E-state index in [4.69, 9.17) is 9.47 Å². The number of aromatic hydroxyl groups is 1. The van der Waals surface area contributed by atoms with Gasteiger partial charge in [-0.15, -0.1) is 0 Å². The van der Waals surface area contributed by atoms with Crippen molar-refractivity contribution >= 4 is 10.0 Å². The molecule has 3 aromatic rings. The number of phenolic OH excluding ortho intramolecular Hbond substituents is 1. The number of phenols is 1. The van der Waals surface area contributed by atoms with Crippen LogP contribution in [0, 0.1) is 6.92 Å². The standard InChI is InChI=1S/C24H25NO5S/c1-17-6-12-22(13-7-17)31(27,28)25-15-19-4-3-5-23(29-2)24(19)30-16-20(25)14-18-8-10-21(26)11-9-18/h3-13,20,26H,14-16H2,1-2H3/t20-/m0/s1. The third-order valence-electron chi connectivity index (χ3n) is 5.47. The molecule has 162 valence electrons. The number of nitrogens with zero attached hydrogens (tertiary/aromatic N) is 1. The van der Waals surface area contributed by atoms with Crippen LogP contribution in [0.4, 0.5) is 0 Å². The third-order valence-corrected chi connectivity index (χ3v) is 7.38. The van der Waals surface area contributed by atoms with E-state index in [1.807, 2.05) is 19.1 Å². The summed E-state index contributed by atoms with van der Waals surface area (Å²) in [5.41, 5.74) is 2.66. The van der Waals surface area contributed by atoms with Crippen molar-refractivity contribution < 1.29 is 23.0 Å². The van der Waals surface area contributed by atoms with Gasteiger partial charge in [0.05, 0.1) is 18.0 Å². The molecule has 1 heterocycles. The molecule has 0 radical (unpaired) electrons. The Morgan fingerprint density at radius 1 is 1.06 bits per heavy atom. The summed E-state index contributed by atoms with van der Waals surface area (Å²) in [5, 5.41) is 9.59. The minimum Gasteiger partial charge on any atom is -0.508 e. The lowest BCUT2D eigenvalue weighted by atomic mass is 10.1. The van der Waals surface area contributed by atoms with E-state index in [1.165, 1.54) is 4.31 Å². The fourth-order valence-corrected chi connectivity index (χ4v) is 5.35. The van der Waals surface area contributed by atoms with Crippen molar-refractivity contribution in [3.05, 3.63) is 83.4 Å². The highest BCUT2D eigenvalue weighted by molar-refractivity contribution is 7.89. The lowest BCUT2D eigenvalue weighted by molar-refractivity contribution is 0.214. The number of rotatable bonds is 5. The number of sulfonamides is 1. The molecule has 7 heteroatoms. The van der Waals surface area contributed by atoms with Gasteiger partial charge in [-0.3, -0.25) is 0 Å². The first-order chi connectivity index (χ1) is 14.9. The number of methoxy groups -OCH3 is 1. The number of para-hydroxylation sites is 1. The van der Waals surface area contributed by atoms with Crippen LogP contribution in [0.5, 0.6) is 17.2 Å². The maximum absolute atomic E-state index is 13.7. The van der Waals surface area contributed by atoms with Crippen LogP contribution in [0.3, 0.4) is 0 Å². The molecule has 4 rings (SSSR count). The molecule has 6 nitrogen and oxygen atoms in total. The summed E-state index contributed by atoms with van der Waals surface area (Å²) in [6.07, 6.45) is 0.446. The van der Waals surface area contributed by atoms with E-state index in [0.29, 0.717) is 17.9 Å². The quantitative estimate of drug-likeness (QED) is 0.653. The average Bonchev–Trinajstić information content (AvgIpc) is 2.95. The van der Waals surface area contributed by atoms with Gasteiger partial charge in [0.25, 0.3) is 0 Å². The summed E-state index contributed by atoms with van der Waals surface area (Å²) < 4.78 is 40.4. The molecule has 0 bridgehead atoms. The Labute approximate surface area is 182 Å². The Morgan fingerprint density at radius 2 is 1.77 bits per heavy atom. The summed E-state index contributed by atoms with van der Waals surface area (Å²) in [7, 11) is -2.21. The Morgan fingerprint density at radius 3 is 2.45 bits per heavy atom. The minimum atomic E-state index is -3.78. The van der Waals surface area contributed by atoms with Crippen LogP contribution >= 0.6 is 0 Å². The Bertz CT molecular complexity index is 1160. The maximum Gasteiger partial charge on any atom is 0.243 e. The van der Waals surface area contributed by atoms with E-state index < -0.39 is 16.1 Å². The molecule has 0 aliphatic carbocycles. The number of hydrogen-bond donors (Lipinski definition) is 1. The molecular weight excluding hydrogens is 414 g/mol. The Hall–Kier alpha value is -3.03. The molecule has 0 saturated heterocycles. The summed E-state index contributed by atoms with van der Waals surface area (Å²) >= 11 is 0. The molecule has 1 N–H and O–H groups in total. The van der Waals surface area contributed by atoms with Crippen molar-refractivity contribution in [1.82, 2.24) is 4.31 Å². The second kappa shape index (κ2) is 8.61. The Kier molecular flexibility index (Phi) is 5.89. The predicted octanol–water partition coefficient (Wildman–Crippen LogP) is 3.90. The molecule has 1 atom stereocenters. The van der Waals surface area contributed by atoms with Gasteiger partial charge in [0.1, 0.15) is 12.4 Å². The molecule has 3 aromatic carbocycles. The number of ether oxygens (including phenoxy) is 2. The Balaban J connectivity index is 1.76. The highest BCUT2D eigenvalue weighted by Gasteiger charge is 2.35. The number of hydrogen-bond acceptors (Lipinski definition) is 5.